The van der Waals surface area contributed by atoms with Gasteiger partial charge in [0.15, 0.2) is 9.84 Å². The molecule has 2 aromatic rings. The minimum Gasteiger partial charge on any atom is -0.391 e. The highest BCUT2D eigenvalue weighted by Gasteiger charge is 2.32. The molecule has 0 unspecified atom stereocenters. The van der Waals surface area contributed by atoms with Crippen molar-refractivity contribution < 1.29 is 13.5 Å². The number of hydrogen-bond acceptors (Lipinski definition) is 6. The van der Waals surface area contributed by atoms with E-state index in [1.165, 1.54) is 0 Å². The second kappa shape index (κ2) is 7.38. The predicted octanol–water partition coefficient (Wildman–Crippen LogP) is 0.786. The van der Waals surface area contributed by atoms with Gasteiger partial charge in [-0.1, -0.05) is 18.2 Å². The van der Waals surface area contributed by atoms with Crippen molar-refractivity contribution in [2.24, 2.45) is 5.92 Å². The number of benzene rings is 1. The molecule has 0 bridgehead atoms. The third kappa shape index (κ3) is 4.17. The lowest BCUT2D eigenvalue weighted by Crippen LogP contribution is -2.28. The maximum atomic E-state index is 12.3. The summed E-state index contributed by atoms with van der Waals surface area (Å²) in [7, 11) is -3.29. The van der Waals surface area contributed by atoms with Crippen LogP contribution in [0.2, 0.25) is 0 Å². The van der Waals surface area contributed by atoms with Gasteiger partial charge in [0.25, 0.3) is 0 Å². The van der Waals surface area contributed by atoms with E-state index in [1.807, 2.05) is 4.90 Å². The molecular formula is C17H21N3O3S. The van der Waals surface area contributed by atoms with Gasteiger partial charge in [0.1, 0.15) is 0 Å². The lowest BCUT2D eigenvalue weighted by atomic mass is 10.0. The maximum absolute atomic E-state index is 12.3. The second-order valence-corrected chi connectivity index (χ2v) is 8.23. The number of likely N-dealkylation sites (tertiary alicyclic amines) is 1. The van der Waals surface area contributed by atoms with Crippen LogP contribution in [-0.2, 0) is 16.3 Å². The molecule has 6 nitrogen and oxygen atoms in total. The van der Waals surface area contributed by atoms with E-state index in [0.29, 0.717) is 31.0 Å². The van der Waals surface area contributed by atoms with E-state index in [2.05, 4.69) is 9.97 Å². The Kier molecular flexibility index (Phi) is 5.23. The molecule has 0 saturated carbocycles. The minimum atomic E-state index is -3.29. The van der Waals surface area contributed by atoms with Gasteiger partial charge in [-0.05, 0) is 18.6 Å². The summed E-state index contributed by atoms with van der Waals surface area (Å²) in [4.78, 5) is 10.6. The molecule has 1 saturated heterocycles. The van der Waals surface area contributed by atoms with Crippen molar-refractivity contribution >= 4 is 9.84 Å². The first-order chi connectivity index (χ1) is 11.5. The zero-order valence-electron chi connectivity index (χ0n) is 13.3. The summed E-state index contributed by atoms with van der Waals surface area (Å²) < 4.78 is 24.7. The van der Waals surface area contributed by atoms with Crippen LogP contribution in [0.25, 0.3) is 0 Å². The molecule has 0 radical (unpaired) electrons. The molecule has 128 valence electrons. The number of aromatic nitrogens is 2. The first-order valence-corrected chi connectivity index (χ1v) is 9.63. The Hall–Kier alpha value is -1.83. The molecular weight excluding hydrogens is 326 g/mol. The molecule has 3 rings (SSSR count). The Morgan fingerprint density at radius 3 is 2.67 bits per heavy atom. The molecule has 1 aliphatic heterocycles. The lowest BCUT2D eigenvalue weighted by Gasteiger charge is -2.15. The molecule has 2 atom stereocenters. The molecule has 1 aromatic carbocycles. The number of β-amino-alcohol motifs (C(OH)–C–C–N with tert-alkyl or cyclic N) is 1. The zero-order valence-corrected chi connectivity index (χ0v) is 14.1. The van der Waals surface area contributed by atoms with Crippen molar-refractivity contribution in [2.45, 2.75) is 17.4 Å². The standard InChI is InChI=1S/C17H21N3O3S/c21-17-13-20(12-14(17)10-15-11-18-6-7-19-15)8-9-24(22,23)16-4-2-1-3-5-16/h1-7,11,14,17,21H,8-10,12-13H2/t14-,17-/m1/s1. The number of aliphatic hydroxyl groups excluding tert-OH is 1. The van der Waals surface area contributed by atoms with Crippen LogP contribution in [0.1, 0.15) is 5.69 Å². The van der Waals surface area contributed by atoms with Crippen molar-refractivity contribution in [3.8, 4) is 0 Å². The smallest absolute Gasteiger partial charge is 0.179 e. The summed E-state index contributed by atoms with van der Waals surface area (Å²) in [6.45, 7) is 1.59. The van der Waals surface area contributed by atoms with Crippen LogP contribution in [0.4, 0.5) is 0 Å². The molecule has 1 aromatic heterocycles. The summed E-state index contributed by atoms with van der Waals surface area (Å²) in [6, 6.07) is 8.48. The van der Waals surface area contributed by atoms with Gasteiger partial charge >= 0.3 is 0 Å². The van der Waals surface area contributed by atoms with E-state index in [-0.39, 0.29) is 11.7 Å². The van der Waals surface area contributed by atoms with E-state index in [1.54, 1.807) is 48.9 Å². The van der Waals surface area contributed by atoms with Crippen LogP contribution in [-0.4, -0.2) is 59.9 Å². The lowest BCUT2D eigenvalue weighted by molar-refractivity contribution is 0.141. The molecule has 24 heavy (non-hydrogen) atoms. The van der Waals surface area contributed by atoms with Crippen LogP contribution in [0, 0.1) is 5.92 Å². The van der Waals surface area contributed by atoms with Crippen molar-refractivity contribution in [2.75, 3.05) is 25.4 Å². The molecule has 0 spiro atoms. The Morgan fingerprint density at radius 2 is 1.96 bits per heavy atom. The average molecular weight is 347 g/mol. The van der Waals surface area contributed by atoms with Gasteiger partial charge in [-0.2, -0.15) is 0 Å². The fraction of sp³-hybridized carbons (Fsp3) is 0.412. The fourth-order valence-corrected chi connectivity index (χ4v) is 4.33. The molecule has 1 fully saturated rings. The van der Waals surface area contributed by atoms with E-state index < -0.39 is 15.9 Å². The first-order valence-electron chi connectivity index (χ1n) is 7.98. The highest BCUT2D eigenvalue weighted by atomic mass is 32.2. The Labute approximate surface area is 142 Å². The van der Waals surface area contributed by atoms with Crippen molar-refractivity contribution in [3.63, 3.8) is 0 Å². The highest BCUT2D eigenvalue weighted by Crippen LogP contribution is 2.21. The normalized spacial score (nSPS) is 21.9. The molecule has 0 aliphatic carbocycles. The SMILES string of the molecule is O=S(=O)(CCN1C[C@@H](Cc2cnccn2)[C@H](O)C1)c1ccccc1. The summed E-state index contributed by atoms with van der Waals surface area (Å²) in [5, 5.41) is 10.2. The topological polar surface area (TPSA) is 83.4 Å². The van der Waals surface area contributed by atoms with Crippen molar-refractivity contribution in [3.05, 3.63) is 54.6 Å². The number of rotatable bonds is 6. The van der Waals surface area contributed by atoms with E-state index in [0.717, 1.165) is 5.69 Å². The highest BCUT2D eigenvalue weighted by molar-refractivity contribution is 7.91. The maximum Gasteiger partial charge on any atom is 0.179 e. The first kappa shape index (κ1) is 17.0. The number of sulfone groups is 1. The van der Waals surface area contributed by atoms with Crippen LogP contribution in [0.5, 0.6) is 0 Å². The Balaban J connectivity index is 1.56. The van der Waals surface area contributed by atoms with E-state index >= 15 is 0 Å². The Morgan fingerprint density at radius 1 is 1.17 bits per heavy atom. The third-order valence-corrected chi connectivity index (χ3v) is 6.06. The van der Waals surface area contributed by atoms with Crippen molar-refractivity contribution in [1.82, 2.24) is 14.9 Å². The predicted molar refractivity (Wildman–Crippen MR) is 90.2 cm³/mol. The average Bonchev–Trinajstić information content (AvgIpc) is 2.95. The second-order valence-electron chi connectivity index (χ2n) is 6.12. The van der Waals surface area contributed by atoms with Gasteiger partial charge in [0.2, 0.25) is 0 Å². The third-order valence-electron chi connectivity index (χ3n) is 4.35. The molecule has 1 aliphatic rings. The van der Waals surface area contributed by atoms with E-state index in [9.17, 15) is 13.5 Å². The minimum absolute atomic E-state index is 0.0566. The summed E-state index contributed by atoms with van der Waals surface area (Å²) in [5.74, 6) is 0.114. The van der Waals surface area contributed by atoms with Gasteiger partial charge in [-0.25, -0.2) is 8.42 Å². The largest absolute Gasteiger partial charge is 0.391 e. The zero-order chi connectivity index (χ0) is 17.0. The number of aliphatic hydroxyl groups is 1. The van der Waals surface area contributed by atoms with Gasteiger partial charge in [0.05, 0.1) is 22.4 Å². The van der Waals surface area contributed by atoms with Crippen LogP contribution >= 0.6 is 0 Å². The van der Waals surface area contributed by atoms with Crippen molar-refractivity contribution in [1.29, 1.82) is 0 Å². The van der Waals surface area contributed by atoms with E-state index in [4.69, 9.17) is 0 Å². The monoisotopic (exact) mass is 347 g/mol. The summed E-state index contributed by atoms with van der Waals surface area (Å²) in [5.41, 5.74) is 0.848. The van der Waals surface area contributed by atoms with Gasteiger partial charge in [0, 0.05) is 44.1 Å². The molecule has 7 heteroatoms. The molecule has 2 heterocycles. The summed E-state index contributed by atoms with van der Waals surface area (Å²) in [6.07, 6.45) is 5.15. The number of hydrogen-bond donors (Lipinski definition) is 1. The fourth-order valence-electron chi connectivity index (χ4n) is 3.02. The van der Waals surface area contributed by atoms with Crippen LogP contribution in [0.3, 0.4) is 0 Å². The quantitative estimate of drug-likeness (QED) is 0.832. The van der Waals surface area contributed by atoms with Gasteiger partial charge < -0.3 is 5.11 Å². The Bertz CT molecular complexity index is 753. The number of nitrogens with zero attached hydrogens (tertiary/aromatic N) is 3. The van der Waals surface area contributed by atoms with Crippen LogP contribution < -0.4 is 0 Å². The molecule has 0 amide bonds. The molecule has 1 N–H and O–H groups in total. The summed E-state index contributed by atoms with van der Waals surface area (Å²) >= 11 is 0. The van der Waals surface area contributed by atoms with Gasteiger partial charge in [-0.15, -0.1) is 0 Å². The van der Waals surface area contributed by atoms with Crippen LogP contribution in [0.15, 0.2) is 53.8 Å². The van der Waals surface area contributed by atoms with Gasteiger partial charge in [-0.3, -0.25) is 14.9 Å².